The zero-order valence-corrected chi connectivity index (χ0v) is 11.4. The van der Waals surface area contributed by atoms with Gasteiger partial charge in [0.2, 0.25) is 0 Å². The Kier molecular flexibility index (Phi) is 2.83. The van der Waals surface area contributed by atoms with Crippen LogP contribution in [0.5, 0.6) is 0 Å². The molecule has 5 nitrogen and oxygen atoms in total. The van der Waals surface area contributed by atoms with Crippen molar-refractivity contribution in [3.63, 3.8) is 0 Å². The van der Waals surface area contributed by atoms with E-state index in [9.17, 15) is 0 Å². The second-order valence-electron chi connectivity index (χ2n) is 5.50. The van der Waals surface area contributed by atoms with E-state index < -0.39 is 0 Å². The predicted octanol–water partition coefficient (Wildman–Crippen LogP) is 2.69. The number of rotatable bonds is 2. The molecular weight excluding hydrogens is 252 g/mol. The lowest BCUT2D eigenvalue weighted by Crippen LogP contribution is -2.30. The highest BCUT2D eigenvalue weighted by atomic mass is 16.5. The summed E-state index contributed by atoms with van der Waals surface area (Å²) in [6.07, 6.45) is 4.80. The van der Waals surface area contributed by atoms with E-state index in [4.69, 9.17) is 4.52 Å². The molecular formula is C15H18N4O. The smallest absolute Gasteiger partial charge is 0.266 e. The number of hydrogen-bond acceptors (Lipinski definition) is 5. The zero-order valence-electron chi connectivity index (χ0n) is 11.4. The Bertz CT molecular complexity index is 616. The monoisotopic (exact) mass is 270 g/mol. The van der Waals surface area contributed by atoms with Crippen LogP contribution >= 0.6 is 0 Å². The first-order valence-corrected chi connectivity index (χ1v) is 7.36. The van der Waals surface area contributed by atoms with E-state index in [-0.39, 0.29) is 0 Å². The molecule has 5 heteroatoms. The van der Waals surface area contributed by atoms with Crippen molar-refractivity contribution in [1.29, 1.82) is 0 Å². The van der Waals surface area contributed by atoms with Crippen molar-refractivity contribution in [2.24, 2.45) is 0 Å². The van der Waals surface area contributed by atoms with Crippen molar-refractivity contribution in [3.05, 3.63) is 23.8 Å². The second-order valence-corrected chi connectivity index (χ2v) is 5.50. The molecule has 1 N–H and O–H groups in total. The standard InChI is InChI=1S/C15H18N4O/c1-2-8-19(9-3-1)15-17-14(20-18-15)12-4-5-13-11(10-12)6-7-16-13/h4-5,10,16H,1-3,6-9H2. The Labute approximate surface area is 118 Å². The largest absolute Gasteiger partial charge is 0.384 e. The van der Waals surface area contributed by atoms with Gasteiger partial charge in [-0.3, -0.25) is 0 Å². The van der Waals surface area contributed by atoms with Crippen molar-refractivity contribution >= 4 is 11.6 Å². The van der Waals surface area contributed by atoms with E-state index in [1.54, 1.807) is 0 Å². The molecule has 1 fully saturated rings. The zero-order chi connectivity index (χ0) is 13.4. The van der Waals surface area contributed by atoms with Crippen LogP contribution in [0.15, 0.2) is 22.7 Å². The van der Waals surface area contributed by atoms with E-state index in [2.05, 4.69) is 32.5 Å². The van der Waals surface area contributed by atoms with Crippen molar-refractivity contribution in [3.8, 4) is 11.5 Å². The summed E-state index contributed by atoms with van der Waals surface area (Å²) in [6.45, 7) is 3.09. The quantitative estimate of drug-likeness (QED) is 0.909. The topological polar surface area (TPSA) is 54.2 Å². The van der Waals surface area contributed by atoms with Gasteiger partial charge in [-0.05, 0) is 54.6 Å². The molecule has 2 aromatic rings. The molecule has 1 saturated heterocycles. The van der Waals surface area contributed by atoms with Gasteiger partial charge in [0.25, 0.3) is 11.8 Å². The third kappa shape index (κ3) is 2.03. The lowest BCUT2D eigenvalue weighted by molar-refractivity contribution is 0.426. The predicted molar refractivity (Wildman–Crippen MR) is 78.0 cm³/mol. The molecule has 0 atom stereocenters. The molecule has 1 aromatic heterocycles. The Balaban J connectivity index is 1.61. The summed E-state index contributed by atoms with van der Waals surface area (Å²) in [6, 6.07) is 6.30. The number of hydrogen-bond donors (Lipinski definition) is 1. The van der Waals surface area contributed by atoms with E-state index in [0.29, 0.717) is 5.89 Å². The molecule has 0 radical (unpaired) electrons. The average Bonchev–Trinajstić information content (AvgIpc) is 3.16. The molecule has 1 aromatic carbocycles. The molecule has 2 aliphatic heterocycles. The van der Waals surface area contributed by atoms with Crippen LogP contribution in [0, 0.1) is 0 Å². The third-order valence-corrected chi connectivity index (χ3v) is 4.12. The highest BCUT2D eigenvalue weighted by molar-refractivity contribution is 5.65. The summed E-state index contributed by atoms with van der Waals surface area (Å²) in [4.78, 5) is 6.77. The van der Waals surface area contributed by atoms with Crippen molar-refractivity contribution in [1.82, 2.24) is 10.1 Å². The van der Waals surface area contributed by atoms with Crippen molar-refractivity contribution < 1.29 is 4.52 Å². The SMILES string of the molecule is c1cc2c(cc1-c1nc(N3CCCCC3)no1)CCN2. The van der Waals surface area contributed by atoms with Gasteiger partial charge in [-0.2, -0.15) is 4.98 Å². The Morgan fingerprint density at radius 2 is 2.05 bits per heavy atom. The summed E-state index contributed by atoms with van der Waals surface area (Å²) in [7, 11) is 0. The minimum Gasteiger partial charge on any atom is -0.384 e. The lowest BCUT2D eigenvalue weighted by Gasteiger charge is -2.24. The third-order valence-electron chi connectivity index (χ3n) is 4.12. The molecule has 0 spiro atoms. The summed E-state index contributed by atoms with van der Waals surface area (Å²) in [5, 5.41) is 7.49. The molecule has 0 bridgehead atoms. The van der Waals surface area contributed by atoms with Gasteiger partial charge in [0.15, 0.2) is 0 Å². The summed E-state index contributed by atoms with van der Waals surface area (Å²) >= 11 is 0. The number of piperidine rings is 1. The molecule has 104 valence electrons. The van der Waals surface area contributed by atoms with Gasteiger partial charge in [-0.15, -0.1) is 0 Å². The summed E-state index contributed by atoms with van der Waals surface area (Å²) in [5.41, 5.74) is 3.58. The van der Waals surface area contributed by atoms with Crippen LogP contribution in [0.1, 0.15) is 24.8 Å². The lowest BCUT2D eigenvalue weighted by atomic mass is 10.1. The van der Waals surface area contributed by atoms with E-state index in [1.165, 1.54) is 30.5 Å². The van der Waals surface area contributed by atoms with Gasteiger partial charge in [-0.1, -0.05) is 0 Å². The maximum absolute atomic E-state index is 5.44. The van der Waals surface area contributed by atoms with Gasteiger partial charge >= 0.3 is 0 Å². The second kappa shape index (κ2) is 4.81. The molecule has 20 heavy (non-hydrogen) atoms. The normalized spacial score (nSPS) is 17.9. The number of fused-ring (bicyclic) bond motifs is 1. The number of anilines is 2. The van der Waals surface area contributed by atoms with Gasteiger partial charge < -0.3 is 14.7 Å². The summed E-state index contributed by atoms with van der Waals surface area (Å²) in [5.74, 6) is 1.36. The maximum atomic E-state index is 5.44. The van der Waals surface area contributed by atoms with Crippen molar-refractivity contribution in [2.75, 3.05) is 29.9 Å². The van der Waals surface area contributed by atoms with Crippen LogP contribution in [0.25, 0.3) is 11.5 Å². The van der Waals surface area contributed by atoms with Gasteiger partial charge in [-0.25, -0.2) is 0 Å². The number of aromatic nitrogens is 2. The number of nitrogens with one attached hydrogen (secondary N) is 1. The minimum absolute atomic E-state index is 0.625. The minimum atomic E-state index is 0.625. The van der Waals surface area contributed by atoms with Crippen LogP contribution < -0.4 is 10.2 Å². The van der Waals surface area contributed by atoms with Gasteiger partial charge in [0.1, 0.15) is 0 Å². The molecule has 2 aliphatic rings. The highest BCUT2D eigenvalue weighted by Gasteiger charge is 2.18. The molecule has 0 amide bonds. The van der Waals surface area contributed by atoms with Crippen LogP contribution in [-0.4, -0.2) is 29.8 Å². The molecule has 3 heterocycles. The Hall–Kier alpha value is -2.04. The van der Waals surface area contributed by atoms with E-state index in [0.717, 1.165) is 37.6 Å². The number of benzene rings is 1. The van der Waals surface area contributed by atoms with Crippen LogP contribution in [0.3, 0.4) is 0 Å². The van der Waals surface area contributed by atoms with Crippen molar-refractivity contribution in [2.45, 2.75) is 25.7 Å². The van der Waals surface area contributed by atoms with E-state index >= 15 is 0 Å². The van der Waals surface area contributed by atoms with Crippen LogP contribution in [0.4, 0.5) is 11.6 Å². The fourth-order valence-corrected chi connectivity index (χ4v) is 2.99. The van der Waals surface area contributed by atoms with Gasteiger partial charge in [0.05, 0.1) is 0 Å². The van der Waals surface area contributed by atoms with Crippen LogP contribution in [-0.2, 0) is 6.42 Å². The fraction of sp³-hybridized carbons (Fsp3) is 0.467. The Morgan fingerprint density at radius 1 is 1.15 bits per heavy atom. The maximum Gasteiger partial charge on any atom is 0.266 e. The molecule has 0 saturated carbocycles. The highest BCUT2D eigenvalue weighted by Crippen LogP contribution is 2.28. The fourth-order valence-electron chi connectivity index (χ4n) is 2.99. The first kappa shape index (κ1) is 11.8. The molecule has 0 unspecified atom stereocenters. The van der Waals surface area contributed by atoms with Crippen LogP contribution in [0.2, 0.25) is 0 Å². The molecule has 0 aliphatic carbocycles. The summed E-state index contributed by atoms with van der Waals surface area (Å²) < 4.78 is 5.44. The number of nitrogens with zero attached hydrogens (tertiary/aromatic N) is 3. The first-order chi connectivity index (χ1) is 9.90. The Morgan fingerprint density at radius 3 is 2.95 bits per heavy atom. The van der Waals surface area contributed by atoms with Gasteiger partial charge in [0, 0.05) is 30.9 Å². The first-order valence-electron chi connectivity index (χ1n) is 7.36. The van der Waals surface area contributed by atoms with E-state index in [1.807, 2.05) is 6.07 Å². The molecule has 4 rings (SSSR count). The average molecular weight is 270 g/mol.